The van der Waals surface area contributed by atoms with E-state index in [9.17, 15) is 0 Å². The first-order valence-corrected chi connectivity index (χ1v) is 6.37. The van der Waals surface area contributed by atoms with Gasteiger partial charge >= 0.3 is 0 Å². The van der Waals surface area contributed by atoms with Gasteiger partial charge in [-0.1, -0.05) is 13.0 Å². The summed E-state index contributed by atoms with van der Waals surface area (Å²) in [5, 5.41) is 3.34. The Morgan fingerprint density at radius 2 is 2.47 bits per heavy atom. The van der Waals surface area contributed by atoms with Crippen molar-refractivity contribution in [3.63, 3.8) is 0 Å². The fraction of sp³-hybridized carbons (Fsp3) is 0.615. The average molecular weight is 234 g/mol. The number of nitrogens with zero attached hydrogens (tertiary/aromatic N) is 3. The van der Waals surface area contributed by atoms with Gasteiger partial charge in [-0.2, -0.15) is 0 Å². The number of imidazole rings is 1. The number of aryl methyl sites for hydroxylation is 1. The summed E-state index contributed by atoms with van der Waals surface area (Å²) in [7, 11) is 2.03. The Balaban J connectivity index is 2.18. The van der Waals surface area contributed by atoms with Crippen LogP contribution in [0, 0.1) is 0 Å². The maximum absolute atomic E-state index is 4.71. The Morgan fingerprint density at radius 3 is 3.06 bits per heavy atom. The minimum Gasteiger partial charge on any atom is -0.341 e. The van der Waals surface area contributed by atoms with Crippen molar-refractivity contribution in [1.82, 2.24) is 14.9 Å². The molecule has 4 nitrogen and oxygen atoms in total. The summed E-state index contributed by atoms with van der Waals surface area (Å²) in [6.07, 6.45) is 6.25. The first kappa shape index (κ1) is 12.2. The molecule has 0 aromatic carbocycles. The monoisotopic (exact) mass is 234 g/mol. The molecule has 2 heterocycles. The van der Waals surface area contributed by atoms with E-state index in [2.05, 4.69) is 34.5 Å². The van der Waals surface area contributed by atoms with Crippen LogP contribution in [0.5, 0.6) is 0 Å². The summed E-state index contributed by atoms with van der Waals surface area (Å²) in [5.74, 6) is 1.10. The lowest BCUT2D eigenvalue weighted by atomic mass is 10.3. The molecule has 1 saturated heterocycles. The molecule has 94 valence electrons. The lowest BCUT2D eigenvalue weighted by Crippen LogP contribution is -2.30. The second kappa shape index (κ2) is 5.36. The minimum atomic E-state index is 0.592. The lowest BCUT2D eigenvalue weighted by molar-refractivity contribution is 0.615. The van der Waals surface area contributed by atoms with Crippen LogP contribution in [0.4, 0.5) is 5.95 Å². The van der Waals surface area contributed by atoms with E-state index >= 15 is 0 Å². The van der Waals surface area contributed by atoms with Gasteiger partial charge in [0.05, 0.1) is 5.69 Å². The molecule has 1 aliphatic heterocycles. The molecule has 2 rings (SSSR count). The molecule has 4 heteroatoms. The van der Waals surface area contributed by atoms with Gasteiger partial charge in [0.25, 0.3) is 0 Å². The van der Waals surface area contributed by atoms with E-state index in [-0.39, 0.29) is 0 Å². The van der Waals surface area contributed by atoms with Gasteiger partial charge in [0, 0.05) is 31.9 Å². The maximum atomic E-state index is 4.71. The zero-order valence-electron chi connectivity index (χ0n) is 10.8. The van der Waals surface area contributed by atoms with E-state index < -0.39 is 0 Å². The molecule has 0 aliphatic carbocycles. The van der Waals surface area contributed by atoms with Crippen molar-refractivity contribution in [3.05, 3.63) is 24.5 Å². The number of hydrogen-bond acceptors (Lipinski definition) is 3. The summed E-state index contributed by atoms with van der Waals surface area (Å²) in [6, 6.07) is 0.592. The maximum Gasteiger partial charge on any atom is 0.206 e. The Hall–Kier alpha value is -1.29. The summed E-state index contributed by atoms with van der Waals surface area (Å²) in [4.78, 5) is 7.08. The quantitative estimate of drug-likeness (QED) is 0.782. The SMILES string of the molecule is C=CCn1cc(CC)nc1N1CCC(NC)C1. The van der Waals surface area contributed by atoms with E-state index in [1.807, 2.05) is 13.1 Å². The molecule has 0 saturated carbocycles. The molecule has 1 atom stereocenters. The van der Waals surface area contributed by atoms with Crippen molar-refractivity contribution in [2.75, 3.05) is 25.0 Å². The number of nitrogens with one attached hydrogen (secondary N) is 1. The second-order valence-corrected chi connectivity index (χ2v) is 4.55. The van der Waals surface area contributed by atoms with Gasteiger partial charge in [-0.05, 0) is 19.9 Å². The highest BCUT2D eigenvalue weighted by molar-refractivity contribution is 5.36. The summed E-state index contributed by atoms with van der Waals surface area (Å²) < 4.78 is 2.20. The molecule has 1 aromatic rings. The Kier molecular flexibility index (Phi) is 3.84. The molecular weight excluding hydrogens is 212 g/mol. The van der Waals surface area contributed by atoms with Crippen LogP contribution in [0.3, 0.4) is 0 Å². The minimum absolute atomic E-state index is 0.592. The van der Waals surface area contributed by atoms with Gasteiger partial charge in [-0.3, -0.25) is 0 Å². The van der Waals surface area contributed by atoms with E-state index in [0.717, 1.165) is 37.7 Å². The molecule has 1 unspecified atom stereocenters. The Bertz CT molecular complexity index is 383. The summed E-state index contributed by atoms with van der Waals surface area (Å²) >= 11 is 0. The van der Waals surface area contributed by atoms with Crippen molar-refractivity contribution in [1.29, 1.82) is 0 Å². The van der Waals surface area contributed by atoms with Gasteiger partial charge < -0.3 is 14.8 Å². The van der Waals surface area contributed by atoms with Crippen LogP contribution >= 0.6 is 0 Å². The molecule has 1 N–H and O–H groups in total. The fourth-order valence-electron chi connectivity index (χ4n) is 2.33. The highest BCUT2D eigenvalue weighted by Crippen LogP contribution is 2.20. The first-order valence-electron chi connectivity index (χ1n) is 6.37. The predicted octanol–water partition coefficient (Wildman–Crippen LogP) is 1.43. The van der Waals surface area contributed by atoms with E-state index in [1.165, 1.54) is 6.42 Å². The third-order valence-corrected chi connectivity index (χ3v) is 3.37. The zero-order chi connectivity index (χ0) is 12.3. The van der Waals surface area contributed by atoms with Gasteiger partial charge in [0.1, 0.15) is 0 Å². The Morgan fingerprint density at radius 1 is 1.65 bits per heavy atom. The molecule has 17 heavy (non-hydrogen) atoms. The number of anilines is 1. The number of hydrogen-bond donors (Lipinski definition) is 1. The number of likely N-dealkylation sites (N-methyl/N-ethyl adjacent to an activating group) is 1. The molecule has 0 radical (unpaired) electrons. The highest BCUT2D eigenvalue weighted by atomic mass is 15.3. The number of allylic oxidation sites excluding steroid dienone is 1. The highest BCUT2D eigenvalue weighted by Gasteiger charge is 2.24. The molecule has 1 aromatic heterocycles. The average Bonchev–Trinajstić information content (AvgIpc) is 2.95. The normalized spacial score (nSPS) is 19.9. The summed E-state index contributed by atoms with van der Waals surface area (Å²) in [6.45, 7) is 8.93. The van der Waals surface area contributed by atoms with Crippen molar-refractivity contribution >= 4 is 5.95 Å². The molecule has 0 spiro atoms. The van der Waals surface area contributed by atoms with Crippen molar-refractivity contribution in [2.24, 2.45) is 0 Å². The lowest BCUT2D eigenvalue weighted by Gasteiger charge is -2.18. The van der Waals surface area contributed by atoms with Crippen LogP contribution in [0.15, 0.2) is 18.9 Å². The van der Waals surface area contributed by atoms with Crippen LogP contribution in [0.2, 0.25) is 0 Å². The van der Waals surface area contributed by atoms with E-state index in [0.29, 0.717) is 6.04 Å². The number of rotatable bonds is 5. The van der Waals surface area contributed by atoms with Crippen LogP contribution in [-0.2, 0) is 13.0 Å². The first-order chi connectivity index (χ1) is 8.28. The number of aromatic nitrogens is 2. The zero-order valence-corrected chi connectivity index (χ0v) is 10.8. The van der Waals surface area contributed by atoms with Crippen LogP contribution in [0.25, 0.3) is 0 Å². The fourth-order valence-corrected chi connectivity index (χ4v) is 2.33. The van der Waals surface area contributed by atoms with Gasteiger partial charge in [0.15, 0.2) is 0 Å². The molecule has 0 amide bonds. The second-order valence-electron chi connectivity index (χ2n) is 4.55. The third kappa shape index (κ3) is 2.52. The van der Waals surface area contributed by atoms with Crippen molar-refractivity contribution in [3.8, 4) is 0 Å². The molecule has 0 bridgehead atoms. The van der Waals surface area contributed by atoms with Crippen molar-refractivity contribution < 1.29 is 0 Å². The van der Waals surface area contributed by atoms with Gasteiger partial charge in [-0.15, -0.1) is 6.58 Å². The van der Waals surface area contributed by atoms with Crippen LogP contribution in [0.1, 0.15) is 19.0 Å². The van der Waals surface area contributed by atoms with Crippen molar-refractivity contribution in [2.45, 2.75) is 32.4 Å². The largest absolute Gasteiger partial charge is 0.341 e. The van der Waals surface area contributed by atoms with Gasteiger partial charge in [-0.25, -0.2) is 4.98 Å². The molecule has 1 aliphatic rings. The van der Waals surface area contributed by atoms with Gasteiger partial charge in [0.2, 0.25) is 5.95 Å². The van der Waals surface area contributed by atoms with Crippen LogP contribution in [-0.4, -0.2) is 35.7 Å². The smallest absolute Gasteiger partial charge is 0.206 e. The molecule has 1 fully saturated rings. The standard InChI is InChI=1S/C13H22N4/c1-4-7-16-9-11(5-2)15-13(16)17-8-6-12(10-17)14-3/h4,9,12,14H,1,5-8,10H2,2-3H3. The van der Waals surface area contributed by atoms with E-state index in [1.54, 1.807) is 0 Å². The topological polar surface area (TPSA) is 33.1 Å². The third-order valence-electron chi connectivity index (χ3n) is 3.37. The van der Waals surface area contributed by atoms with E-state index in [4.69, 9.17) is 4.98 Å². The predicted molar refractivity (Wildman–Crippen MR) is 71.5 cm³/mol. The summed E-state index contributed by atoms with van der Waals surface area (Å²) in [5.41, 5.74) is 1.16. The molecular formula is C13H22N4. The Labute approximate surface area is 103 Å². The van der Waals surface area contributed by atoms with Crippen LogP contribution < -0.4 is 10.2 Å².